The van der Waals surface area contributed by atoms with Crippen molar-refractivity contribution in [2.45, 2.75) is 24.5 Å². The molecule has 1 heterocycles. The minimum Gasteiger partial charge on any atom is -0.510 e. The summed E-state index contributed by atoms with van der Waals surface area (Å²) in [6.45, 7) is 0. The fourth-order valence-electron chi connectivity index (χ4n) is 6.85. The summed E-state index contributed by atoms with van der Waals surface area (Å²) in [4.78, 5) is 53.4. The molecule has 3 aliphatic rings. The number of aliphatic hydroxyl groups excluding tert-OH is 2. The Morgan fingerprint density at radius 1 is 1.05 bits per heavy atom. The SMILES string of the molecule is CN(C)[C@H]1C(O)=C(C(N)=O)C(=O)[C@]2(O)C(O)=C3C(=O)c4c(O)ccc(-c5ccc(NC(=O)c6ccco6)cc5)c4C[C@@H]3C[C@H]12. The van der Waals surface area contributed by atoms with Crippen LogP contribution in [0.25, 0.3) is 11.1 Å². The van der Waals surface area contributed by atoms with Crippen molar-refractivity contribution in [3.63, 3.8) is 0 Å². The molecule has 6 rings (SSSR count). The Labute approximate surface area is 250 Å². The fourth-order valence-corrected chi connectivity index (χ4v) is 6.85. The van der Waals surface area contributed by atoms with Gasteiger partial charge in [-0.3, -0.25) is 24.1 Å². The molecule has 2 amide bonds. The van der Waals surface area contributed by atoms with Crippen molar-refractivity contribution in [2.24, 2.45) is 17.6 Å². The number of carbonyl (C=O) groups is 4. The van der Waals surface area contributed by atoms with Crippen LogP contribution < -0.4 is 11.1 Å². The summed E-state index contributed by atoms with van der Waals surface area (Å²) in [5.74, 6) is -7.32. The fraction of sp³-hybridized carbons (Fsp3) is 0.250. The van der Waals surface area contributed by atoms with E-state index in [9.17, 15) is 39.6 Å². The van der Waals surface area contributed by atoms with Crippen LogP contribution in [0.1, 0.15) is 32.9 Å². The summed E-state index contributed by atoms with van der Waals surface area (Å²) in [6, 6.07) is 11.9. The van der Waals surface area contributed by atoms with Gasteiger partial charge in [0.05, 0.1) is 17.9 Å². The molecule has 0 unspecified atom stereocenters. The molecule has 2 aromatic carbocycles. The zero-order valence-electron chi connectivity index (χ0n) is 23.7. The van der Waals surface area contributed by atoms with E-state index in [0.717, 1.165) is 0 Å². The Kier molecular flexibility index (Phi) is 6.71. The molecular weight excluding hydrogens is 570 g/mol. The number of allylic oxidation sites excluding steroid dienone is 1. The molecule has 0 saturated heterocycles. The van der Waals surface area contributed by atoms with Gasteiger partial charge in [0.25, 0.3) is 11.8 Å². The minimum atomic E-state index is -2.70. The number of ketones is 2. The van der Waals surface area contributed by atoms with Crippen LogP contribution >= 0.6 is 0 Å². The van der Waals surface area contributed by atoms with Crippen molar-refractivity contribution in [1.82, 2.24) is 4.90 Å². The predicted octanol–water partition coefficient (Wildman–Crippen LogP) is 2.63. The lowest BCUT2D eigenvalue weighted by molar-refractivity contribution is -0.148. The Morgan fingerprint density at radius 3 is 2.36 bits per heavy atom. The van der Waals surface area contributed by atoms with E-state index in [4.69, 9.17) is 10.2 Å². The second-order valence-corrected chi connectivity index (χ2v) is 11.5. The third-order valence-corrected chi connectivity index (χ3v) is 8.80. The molecule has 0 radical (unpaired) electrons. The Balaban J connectivity index is 1.41. The molecule has 226 valence electrons. The number of phenolic OH excluding ortho intramolecular Hbond substituents is 1. The molecule has 7 N–H and O–H groups in total. The van der Waals surface area contributed by atoms with Gasteiger partial charge in [-0.15, -0.1) is 0 Å². The highest BCUT2D eigenvalue weighted by Gasteiger charge is 2.63. The number of nitrogens with zero attached hydrogens (tertiary/aromatic N) is 1. The maximum Gasteiger partial charge on any atom is 0.291 e. The average Bonchev–Trinajstić information content (AvgIpc) is 3.51. The van der Waals surface area contributed by atoms with Gasteiger partial charge in [0, 0.05) is 17.2 Å². The van der Waals surface area contributed by atoms with E-state index in [1.54, 1.807) is 50.5 Å². The second-order valence-electron chi connectivity index (χ2n) is 11.5. The van der Waals surface area contributed by atoms with Crippen LogP contribution in [0.5, 0.6) is 5.75 Å². The molecule has 44 heavy (non-hydrogen) atoms. The molecule has 12 heteroatoms. The number of nitrogens with one attached hydrogen (secondary N) is 1. The predicted molar refractivity (Wildman–Crippen MR) is 156 cm³/mol. The first-order valence-corrected chi connectivity index (χ1v) is 13.8. The third kappa shape index (κ3) is 4.13. The van der Waals surface area contributed by atoms with Gasteiger partial charge in [-0.05, 0) is 79.9 Å². The maximum absolute atomic E-state index is 14.0. The van der Waals surface area contributed by atoms with E-state index >= 15 is 0 Å². The molecular formula is C32H29N3O9. The highest BCUT2D eigenvalue weighted by Crippen LogP contribution is 2.53. The Hall–Kier alpha value is -5.20. The van der Waals surface area contributed by atoms with Gasteiger partial charge in [0.1, 0.15) is 22.8 Å². The number of phenols is 1. The maximum atomic E-state index is 14.0. The van der Waals surface area contributed by atoms with E-state index in [0.29, 0.717) is 22.4 Å². The van der Waals surface area contributed by atoms with Crippen molar-refractivity contribution >= 4 is 29.1 Å². The van der Waals surface area contributed by atoms with Crippen LogP contribution in [0.2, 0.25) is 0 Å². The number of fused-ring (bicyclic) bond motifs is 3. The Bertz CT molecular complexity index is 1800. The molecule has 1 aromatic heterocycles. The molecule has 3 aliphatic carbocycles. The molecule has 0 fully saturated rings. The molecule has 0 bridgehead atoms. The van der Waals surface area contributed by atoms with Crippen LogP contribution in [0.3, 0.4) is 0 Å². The minimum absolute atomic E-state index is 0.0153. The number of primary amides is 1. The van der Waals surface area contributed by atoms with Gasteiger partial charge < -0.3 is 35.9 Å². The summed E-state index contributed by atoms with van der Waals surface area (Å²) < 4.78 is 5.12. The highest BCUT2D eigenvalue weighted by molar-refractivity contribution is 6.25. The van der Waals surface area contributed by atoms with Crippen molar-refractivity contribution in [3.05, 3.63) is 94.3 Å². The molecule has 0 spiro atoms. The van der Waals surface area contributed by atoms with Crippen molar-refractivity contribution < 1.29 is 44.0 Å². The zero-order chi connectivity index (χ0) is 31.7. The van der Waals surface area contributed by atoms with E-state index in [2.05, 4.69) is 5.32 Å². The van der Waals surface area contributed by atoms with Crippen LogP contribution in [-0.2, 0) is 16.0 Å². The van der Waals surface area contributed by atoms with E-state index in [1.807, 2.05) is 0 Å². The van der Waals surface area contributed by atoms with Gasteiger partial charge in [-0.2, -0.15) is 0 Å². The smallest absolute Gasteiger partial charge is 0.291 e. The lowest BCUT2D eigenvalue weighted by atomic mass is 9.58. The number of aliphatic hydroxyl groups is 3. The normalized spacial score (nSPS) is 24.6. The number of carbonyl (C=O) groups excluding carboxylic acids is 4. The van der Waals surface area contributed by atoms with Gasteiger partial charge in [-0.25, -0.2) is 0 Å². The lowest BCUT2D eigenvalue weighted by Crippen LogP contribution is -2.63. The summed E-state index contributed by atoms with van der Waals surface area (Å²) in [5, 5.41) is 47.7. The standard InChI is InChI=1S/C32H29N3O9/c1-35(2)25-19-13-15-12-18-17(14-5-7-16(8-6-14)34-31(42)21-4-3-11-44-21)9-10-20(36)23(18)26(37)22(15)28(39)32(19,43)29(40)24(27(25)38)30(33)41/h3-11,15,19,25,36,38-39,43H,12-13H2,1-2H3,(H2,33,41)(H,34,42)/t15-,19-,25-,32-/m1/s1. The molecule has 0 aliphatic heterocycles. The van der Waals surface area contributed by atoms with E-state index in [-0.39, 0.29) is 35.5 Å². The van der Waals surface area contributed by atoms with Crippen molar-refractivity contribution in [3.8, 4) is 16.9 Å². The summed E-state index contributed by atoms with van der Waals surface area (Å²) in [5.41, 5.74) is 3.81. The van der Waals surface area contributed by atoms with Gasteiger partial charge in [0.15, 0.2) is 17.1 Å². The number of aromatic hydroxyl groups is 1. The monoisotopic (exact) mass is 599 g/mol. The molecule has 4 atom stereocenters. The van der Waals surface area contributed by atoms with Crippen molar-refractivity contribution in [1.29, 1.82) is 0 Å². The number of benzene rings is 2. The summed E-state index contributed by atoms with van der Waals surface area (Å²) in [7, 11) is 3.15. The second kappa shape index (κ2) is 10.2. The molecule has 12 nitrogen and oxygen atoms in total. The van der Waals surface area contributed by atoms with Gasteiger partial charge in [0.2, 0.25) is 5.78 Å². The number of anilines is 1. The number of amides is 2. The van der Waals surface area contributed by atoms with E-state index in [1.165, 1.54) is 23.3 Å². The van der Waals surface area contributed by atoms with Crippen LogP contribution in [0, 0.1) is 11.8 Å². The third-order valence-electron chi connectivity index (χ3n) is 8.80. The van der Waals surface area contributed by atoms with Crippen LogP contribution in [0.15, 0.2) is 81.9 Å². The van der Waals surface area contributed by atoms with Gasteiger partial charge >= 0.3 is 0 Å². The number of likely N-dealkylation sites (N-methyl/N-ethyl adjacent to an activating group) is 1. The highest BCUT2D eigenvalue weighted by atomic mass is 16.4. The quantitative estimate of drug-likeness (QED) is 0.237. The van der Waals surface area contributed by atoms with Crippen LogP contribution in [0.4, 0.5) is 5.69 Å². The number of hydrogen-bond donors (Lipinski definition) is 6. The molecule has 0 saturated carbocycles. The summed E-state index contributed by atoms with van der Waals surface area (Å²) in [6.07, 6.45) is 1.53. The number of hydrogen-bond acceptors (Lipinski definition) is 10. The Morgan fingerprint density at radius 2 is 1.75 bits per heavy atom. The number of nitrogens with two attached hydrogens (primary N) is 1. The van der Waals surface area contributed by atoms with Crippen molar-refractivity contribution in [2.75, 3.05) is 19.4 Å². The first-order valence-electron chi connectivity index (χ1n) is 13.8. The number of rotatable bonds is 5. The molecule has 3 aromatic rings. The topological polar surface area (TPSA) is 204 Å². The zero-order valence-corrected chi connectivity index (χ0v) is 23.7. The van der Waals surface area contributed by atoms with Crippen LogP contribution in [-0.4, -0.2) is 74.4 Å². The average molecular weight is 600 g/mol. The van der Waals surface area contributed by atoms with Gasteiger partial charge in [-0.1, -0.05) is 18.2 Å². The number of Topliss-reactive ketones (excluding diaryl/α,β-unsaturated/α-hetero) is 2. The first kappa shape index (κ1) is 28.9. The largest absolute Gasteiger partial charge is 0.510 e. The first-order chi connectivity index (χ1) is 20.9. The summed E-state index contributed by atoms with van der Waals surface area (Å²) >= 11 is 0. The van der Waals surface area contributed by atoms with E-state index < -0.39 is 64.0 Å². The number of furan rings is 1. The lowest BCUT2D eigenvalue weighted by Gasteiger charge is -2.50.